The first-order chi connectivity index (χ1) is 41.7. The molecular weight excluding hydrogens is 1150 g/mol. The summed E-state index contributed by atoms with van der Waals surface area (Å²) in [4.78, 5) is 12.7. The minimum atomic E-state index is -0.884. The van der Waals surface area contributed by atoms with Crippen LogP contribution in [-0.2, 0) is 118 Å². The molecule has 29 nitrogen and oxygen atoms in total. The molecule has 0 spiro atoms. The second kappa shape index (κ2) is 80.7. The van der Waals surface area contributed by atoms with Crippen LogP contribution in [0.15, 0.2) is 0 Å². The number of hydrogen-bond acceptors (Lipinski definition) is 28. The van der Waals surface area contributed by atoms with Gasteiger partial charge >= 0.3 is 5.97 Å². The van der Waals surface area contributed by atoms with Crippen LogP contribution in [0.4, 0.5) is 0 Å². The normalized spacial score (nSPS) is 11.7. The van der Waals surface area contributed by atoms with Gasteiger partial charge in [0.05, 0.1) is 324 Å². The number of ether oxygens (including phenoxy) is 24. The van der Waals surface area contributed by atoms with Crippen molar-refractivity contribution >= 4 is 18.4 Å². The molecule has 512 valence electrons. The predicted octanol–water partition coefficient (Wildman–Crippen LogP) is -0.499. The van der Waals surface area contributed by atoms with Gasteiger partial charge in [0, 0.05) is 32.7 Å². The highest BCUT2D eigenvalue weighted by Gasteiger charge is 2.07. The molecule has 0 saturated heterocycles. The van der Waals surface area contributed by atoms with Crippen LogP contribution in [0.1, 0.15) is 6.42 Å². The minimum absolute atomic E-state index is 0. The number of carbonyl (C=O) groups is 1. The zero-order valence-electron chi connectivity index (χ0n) is 51.3. The molecule has 5 N–H and O–H groups in total. The van der Waals surface area contributed by atoms with Gasteiger partial charge in [0.2, 0.25) is 0 Å². The summed E-state index contributed by atoms with van der Waals surface area (Å²) in [6.45, 7) is 25.9. The molecule has 0 radical (unpaired) electrons. The van der Waals surface area contributed by atoms with Crippen molar-refractivity contribution in [3.8, 4) is 0 Å². The Bertz CT molecular complexity index is 1160. The van der Waals surface area contributed by atoms with Crippen LogP contribution < -0.4 is 11.5 Å². The first-order valence-electron chi connectivity index (χ1n) is 29.9. The fourth-order valence-electron chi connectivity index (χ4n) is 6.17. The average molecular weight is 1270 g/mol. The molecule has 85 heavy (non-hydrogen) atoms. The number of aliphatic carboxylic acids is 1. The van der Waals surface area contributed by atoms with Crippen LogP contribution in [0.3, 0.4) is 0 Å². The highest BCUT2D eigenvalue weighted by atomic mass is 35.5. The highest BCUT2D eigenvalue weighted by Crippen LogP contribution is 1.95. The molecule has 0 aromatic heterocycles. The lowest BCUT2D eigenvalue weighted by Gasteiger charge is -2.22. The number of rotatable bonds is 79. The second-order valence-electron chi connectivity index (χ2n) is 17.3. The van der Waals surface area contributed by atoms with E-state index in [0.717, 1.165) is 0 Å². The van der Waals surface area contributed by atoms with Crippen molar-refractivity contribution in [3.63, 3.8) is 0 Å². The number of hydrogen-bond donors (Lipinski definition) is 3. The minimum Gasteiger partial charge on any atom is -0.481 e. The van der Waals surface area contributed by atoms with Crippen LogP contribution in [-0.4, -0.2) is 366 Å². The molecule has 0 bridgehead atoms. The third-order valence-electron chi connectivity index (χ3n) is 10.5. The first-order valence-corrected chi connectivity index (χ1v) is 29.9. The quantitative estimate of drug-likeness (QED) is 0.0647. The third kappa shape index (κ3) is 80.7. The van der Waals surface area contributed by atoms with Crippen molar-refractivity contribution in [2.45, 2.75) is 6.42 Å². The smallest absolute Gasteiger partial charge is 0.305 e. The number of nitrogens with two attached hydrogens (primary N) is 2. The van der Waals surface area contributed by atoms with Gasteiger partial charge in [-0.1, -0.05) is 0 Å². The number of carboxylic acid groups (broad SMARTS) is 1. The maximum absolute atomic E-state index is 10.4. The Balaban J connectivity index is 0. The van der Waals surface area contributed by atoms with Gasteiger partial charge in [-0.3, -0.25) is 9.69 Å². The van der Waals surface area contributed by atoms with E-state index in [1.165, 1.54) is 0 Å². The van der Waals surface area contributed by atoms with Gasteiger partial charge in [0.25, 0.3) is 0 Å². The summed E-state index contributed by atoms with van der Waals surface area (Å²) in [5, 5.41) is 8.56. The number of carboxylic acids is 1. The van der Waals surface area contributed by atoms with Gasteiger partial charge in [0.1, 0.15) is 0 Å². The lowest BCUT2D eigenvalue weighted by Crippen LogP contribution is -2.34. The summed E-state index contributed by atoms with van der Waals surface area (Å²) in [5.41, 5.74) is 10.7. The van der Waals surface area contributed by atoms with E-state index in [2.05, 4.69) is 4.90 Å². The molecule has 0 saturated carbocycles. The average Bonchev–Trinajstić information content (AvgIpc) is 3.49. The lowest BCUT2D eigenvalue weighted by atomic mass is 10.4. The topological polar surface area (TPSA) is 314 Å². The molecule has 0 unspecified atom stereocenters. The summed E-state index contributed by atoms with van der Waals surface area (Å²) in [6.07, 6.45) is -0.0160. The Labute approximate surface area is 513 Å². The summed E-state index contributed by atoms with van der Waals surface area (Å²) in [7, 11) is 0. The van der Waals surface area contributed by atoms with Gasteiger partial charge in [-0.25, -0.2) is 0 Å². The first kappa shape index (κ1) is 85.7. The van der Waals surface area contributed by atoms with E-state index in [9.17, 15) is 4.79 Å². The second-order valence-corrected chi connectivity index (χ2v) is 17.3. The fourth-order valence-corrected chi connectivity index (χ4v) is 6.17. The van der Waals surface area contributed by atoms with Gasteiger partial charge in [-0.05, 0) is 0 Å². The molecule has 0 atom stereocenters. The van der Waals surface area contributed by atoms with E-state index >= 15 is 0 Å². The van der Waals surface area contributed by atoms with Gasteiger partial charge in [-0.15, -0.1) is 12.4 Å². The molecule has 0 aliphatic heterocycles. The zero-order valence-corrected chi connectivity index (χ0v) is 52.2. The standard InChI is InChI=1S/C55H113N3O26.ClH/c56-2-8-62-14-20-68-26-32-74-38-44-80-50-53-83-47-41-77-35-29-71-23-17-65-11-5-58(6-12-66-18-24-72-30-36-78-42-48-84-54-51-81-45-39-75-33-27-69-21-15-63-9-3-57)4-10-64-16-22-70-28-34-76-40-46-82-52-49-79-43-37-73-31-25-67-19-13-61-7-1-55(59)60;/h1-54,56-57H2,(H,59,60);1H. The highest BCUT2D eigenvalue weighted by molar-refractivity contribution is 5.85. The molecule has 0 fully saturated rings. The summed E-state index contributed by atoms with van der Waals surface area (Å²) < 4.78 is 133. The molecule has 30 heteroatoms. The number of nitrogens with zero attached hydrogens (tertiary/aromatic N) is 1. The Morgan fingerprint density at radius 2 is 0.329 bits per heavy atom. The van der Waals surface area contributed by atoms with Crippen molar-refractivity contribution < 1.29 is 124 Å². The monoisotopic (exact) mass is 1270 g/mol. The van der Waals surface area contributed by atoms with Crippen molar-refractivity contribution in [3.05, 3.63) is 0 Å². The van der Waals surface area contributed by atoms with E-state index in [1.807, 2.05) is 0 Å². The lowest BCUT2D eigenvalue weighted by molar-refractivity contribution is -0.138. The van der Waals surface area contributed by atoms with E-state index < -0.39 is 5.97 Å². The molecule has 0 aromatic rings. The molecule has 0 aliphatic carbocycles. The predicted molar refractivity (Wildman–Crippen MR) is 314 cm³/mol. The summed E-state index contributed by atoms with van der Waals surface area (Å²) in [6, 6.07) is 0. The Hall–Kier alpha value is -1.32. The van der Waals surface area contributed by atoms with Crippen LogP contribution in [0.2, 0.25) is 0 Å². The van der Waals surface area contributed by atoms with E-state index in [4.69, 9.17) is 130 Å². The van der Waals surface area contributed by atoms with Gasteiger partial charge in [-0.2, -0.15) is 0 Å². The van der Waals surface area contributed by atoms with Crippen molar-refractivity contribution in [2.24, 2.45) is 11.5 Å². The zero-order chi connectivity index (χ0) is 60.3. The Morgan fingerprint density at radius 1 is 0.212 bits per heavy atom. The summed E-state index contributed by atoms with van der Waals surface area (Å²) in [5.74, 6) is -0.884. The van der Waals surface area contributed by atoms with E-state index in [0.29, 0.717) is 343 Å². The SMILES string of the molecule is Cl.NCCOCCOCCOCCOCCOCCOCCOCCOCCN(CCOCCOCCOCCOCCOCCOCCOCCOCCN)CCOCCOCCOCCOCCOCCOCCOCCOCCC(=O)O. The van der Waals surface area contributed by atoms with E-state index in [1.54, 1.807) is 0 Å². The van der Waals surface area contributed by atoms with Crippen LogP contribution in [0.5, 0.6) is 0 Å². The van der Waals surface area contributed by atoms with Crippen molar-refractivity contribution in [2.75, 3.05) is 350 Å². The third-order valence-corrected chi connectivity index (χ3v) is 10.5. The largest absolute Gasteiger partial charge is 0.481 e. The summed E-state index contributed by atoms with van der Waals surface area (Å²) >= 11 is 0. The Morgan fingerprint density at radius 3 is 0.459 bits per heavy atom. The number of halogens is 1. The van der Waals surface area contributed by atoms with Crippen LogP contribution >= 0.6 is 12.4 Å². The molecule has 0 amide bonds. The molecule has 0 rings (SSSR count). The maximum Gasteiger partial charge on any atom is 0.305 e. The van der Waals surface area contributed by atoms with Crippen LogP contribution in [0, 0.1) is 0 Å². The molecule has 0 aromatic carbocycles. The van der Waals surface area contributed by atoms with E-state index in [-0.39, 0.29) is 25.4 Å². The molecular formula is C55H114ClN3O26. The molecule has 0 aliphatic rings. The maximum atomic E-state index is 10.4. The Kier molecular flexibility index (Phi) is 81.4. The van der Waals surface area contributed by atoms with Gasteiger partial charge in [0.15, 0.2) is 0 Å². The van der Waals surface area contributed by atoms with Crippen molar-refractivity contribution in [1.29, 1.82) is 0 Å². The molecule has 0 heterocycles. The van der Waals surface area contributed by atoms with Crippen LogP contribution in [0.25, 0.3) is 0 Å². The van der Waals surface area contributed by atoms with Crippen molar-refractivity contribution in [1.82, 2.24) is 4.90 Å². The van der Waals surface area contributed by atoms with Gasteiger partial charge < -0.3 is 130 Å². The fraction of sp³-hybridized carbons (Fsp3) is 0.982.